The first-order valence-electron chi connectivity index (χ1n) is 6.05. The van der Waals surface area contributed by atoms with Gasteiger partial charge in [0.1, 0.15) is 5.75 Å². The Morgan fingerprint density at radius 3 is 3.06 bits per heavy atom. The number of carbonyl (C=O) groups is 1. The van der Waals surface area contributed by atoms with Gasteiger partial charge in [-0.05, 0) is 37.5 Å². The first kappa shape index (κ1) is 13.4. The van der Waals surface area contributed by atoms with E-state index in [0.29, 0.717) is 12.1 Å². The summed E-state index contributed by atoms with van der Waals surface area (Å²) in [5.41, 5.74) is 0.297. The molecule has 4 nitrogen and oxygen atoms in total. The average Bonchev–Trinajstić information content (AvgIpc) is 2.81. The monoisotopic (exact) mass is 313 g/mol. The Morgan fingerprint density at radius 2 is 2.39 bits per heavy atom. The SMILES string of the molecule is O=C(NCCC1CCCO1)c1ccc(Br)cc1O. The number of hydrogen-bond donors (Lipinski definition) is 2. The fourth-order valence-electron chi connectivity index (χ4n) is 2.01. The number of ether oxygens (including phenoxy) is 1. The summed E-state index contributed by atoms with van der Waals surface area (Å²) in [6, 6.07) is 4.84. The molecule has 1 heterocycles. The third-order valence-electron chi connectivity index (χ3n) is 2.98. The highest BCUT2D eigenvalue weighted by atomic mass is 79.9. The van der Waals surface area contributed by atoms with Crippen molar-refractivity contribution in [3.05, 3.63) is 28.2 Å². The number of carbonyl (C=O) groups excluding carboxylic acids is 1. The summed E-state index contributed by atoms with van der Waals surface area (Å²) in [4.78, 5) is 11.8. The number of hydrogen-bond acceptors (Lipinski definition) is 3. The molecule has 1 aromatic rings. The van der Waals surface area contributed by atoms with Crippen molar-refractivity contribution >= 4 is 21.8 Å². The smallest absolute Gasteiger partial charge is 0.255 e. The summed E-state index contributed by atoms with van der Waals surface area (Å²) < 4.78 is 6.22. The number of halogens is 1. The Balaban J connectivity index is 1.83. The molecule has 1 aromatic carbocycles. The van der Waals surface area contributed by atoms with E-state index in [-0.39, 0.29) is 17.8 Å². The van der Waals surface area contributed by atoms with Gasteiger partial charge in [-0.15, -0.1) is 0 Å². The van der Waals surface area contributed by atoms with E-state index in [1.165, 1.54) is 6.07 Å². The first-order valence-corrected chi connectivity index (χ1v) is 6.84. The molecular formula is C13H16BrNO3. The van der Waals surface area contributed by atoms with E-state index in [2.05, 4.69) is 21.2 Å². The van der Waals surface area contributed by atoms with Crippen LogP contribution in [0.3, 0.4) is 0 Å². The largest absolute Gasteiger partial charge is 0.507 e. The Kier molecular flexibility index (Phi) is 4.60. The molecular weight excluding hydrogens is 298 g/mol. The van der Waals surface area contributed by atoms with Crippen LogP contribution in [0.25, 0.3) is 0 Å². The summed E-state index contributed by atoms with van der Waals surface area (Å²) in [6.45, 7) is 1.39. The number of aromatic hydroxyl groups is 1. The van der Waals surface area contributed by atoms with E-state index in [9.17, 15) is 9.90 Å². The lowest BCUT2D eigenvalue weighted by Crippen LogP contribution is -2.27. The normalized spacial score (nSPS) is 18.8. The highest BCUT2D eigenvalue weighted by molar-refractivity contribution is 9.10. The van der Waals surface area contributed by atoms with Gasteiger partial charge in [0.05, 0.1) is 11.7 Å². The van der Waals surface area contributed by atoms with E-state index >= 15 is 0 Å². The number of rotatable bonds is 4. The lowest BCUT2D eigenvalue weighted by atomic mass is 10.1. The van der Waals surface area contributed by atoms with Gasteiger partial charge in [-0.25, -0.2) is 0 Å². The fraction of sp³-hybridized carbons (Fsp3) is 0.462. The van der Waals surface area contributed by atoms with Gasteiger partial charge in [-0.3, -0.25) is 4.79 Å². The molecule has 1 atom stereocenters. The molecule has 18 heavy (non-hydrogen) atoms. The second-order valence-corrected chi connectivity index (χ2v) is 5.26. The molecule has 0 aromatic heterocycles. The zero-order valence-corrected chi connectivity index (χ0v) is 11.6. The zero-order chi connectivity index (χ0) is 13.0. The van der Waals surface area contributed by atoms with Crippen LogP contribution >= 0.6 is 15.9 Å². The van der Waals surface area contributed by atoms with Crippen LogP contribution in [0.15, 0.2) is 22.7 Å². The van der Waals surface area contributed by atoms with Gasteiger partial charge >= 0.3 is 0 Å². The van der Waals surface area contributed by atoms with Crippen LogP contribution in [-0.2, 0) is 4.74 Å². The third-order valence-corrected chi connectivity index (χ3v) is 3.47. The van der Waals surface area contributed by atoms with Gasteiger partial charge in [0, 0.05) is 17.6 Å². The molecule has 0 radical (unpaired) electrons. The molecule has 98 valence electrons. The van der Waals surface area contributed by atoms with Gasteiger partial charge in [-0.2, -0.15) is 0 Å². The Hall–Kier alpha value is -1.07. The number of phenols is 1. The number of amides is 1. The molecule has 0 spiro atoms. The predicted octanol–water partition coefficient (Wildman–Crippen LogP) is 2.45. The average molecular weight is 314 g/mol. The van der Waals surface area contributed by atoms with Crippen LogP contribution in [0, 0.1) is 0 Å². The summed E-state index contributed by atoms with van der Waals surface area (Å²) in [7, 11) is 0. The van der Waals surface area contributed by atoms with Crippen LogP contribution in [-0.4, -0.2) is 30.3 Å². The van der Waals surface area contributed by atoms with E-state index in [4.69, 9.17) is 4.74 Å². The lowest BCUT2D eigenvalue weighted by molar-refractivity contribution is 0.0905. The van der Waals surface area contributed by atoms with E-state index in [0.717, 1.165) is 30.3 Å². The Bertz CT molecular complexity index is 430. The maximum absolute atomic E-state index is 11.8. The van der Waals surface area contributed by atoms with Gasteiger partial charge < -0.3 is 15.2 Å². The van der Waals surface area contributed by atoms with Gasteiger partial charge in [-0.1, -0.05) is 15.9 Å². The highest BCUT2D eigenvalue weighted by Gasteiger charge is 2.16. The fourth-order valence-corrected chi connectivity index (χ4v) is 2.36. The van der Waals surface area contributed by atoms with Gasteiger partial charge in [0.15, 0.2) is 0 Å². The standard InChI is InChI=1S/C13H16BrNO3/c14-9-3-4-11(12(16)8-9)13(17)15-6-5-10-2-1-7-18-10/h3-4,8,10,16H,1-2,5-7H2,(H,15,17). The number of phenolic OH excluding ortho intramolecular Hbond substituents is 1. The second-order valence-electron chi connectivity index (χ2n) is 4.34. The first-order chi connectivity index (χ1) is 8.66. The zero-order valence-electron chi connectivity index (χ0n) is 9.99. The van der Waals surface area contributed by atoms with E-state index in [1.54, 1.807) is 12.1 Å². The van der Waals surface area contributed by atoms with Crippen molar-refractivity contribution in [2.45, 2.75) is 25.4 Å². The van der Waals surface area contributed by atoms with Crippen LogP contribution in [0.1, 0.15) is 29.6 Å². The molecule has 0 saturated carbocycles. The topological polar surface area (TPSA) is 58.6 Å². The minimum absolute atomic E-state index is 0.0148. The summed E-state index contributed by atoms with van der Waals surface area (Å²) in [5.74, 6) is -0.267. The molecule has 0 bridgehead atoms. The van der Waals surface area contributed by atoms with Gasteiger partial charge in [0.25, 0.3) is 5.91 Å². The number of nitrogens with one attached hydrogen (secondary N) is 1. The summed E-state index contributed by atoms with van der Waals surface area (Å²) >= 11 is 3.23. The summed E-state index contributed by atoms with van der Waals surface area (Å²) in [5, 5.41) is 12.4. The molecule has 1 aliphatic heterocycles. The predicted molar refractivity (Wildman–Crippen MR) is 71.7 cm³/mol. The number of benzene rings is 1. The highest BCUT2D eigenvalue weighted by Crippen LogP contribution is 2.22. The maximum atomic E-state index is 11.8. The van der Waals surface area contributed by atoms with Crippen LogP contribution < -0.4 is 5.32 Å². The van der Waals surface area contributed by atoms with Crippen molar-refractivity contribution < 1.29 is 14.6 Å². The molecule has 1 unspecified atom stereocenters. The third kappa shape index (κ3) is 3.46. The Labute approximate surface area is 114 Å². The minimum atomic E-state index is -0.252. The maximum Gasteiger partial charge on any atom is 0.255 e. The van der Waals surface area contributed by atoms with Crippen LogP contribution in [0.2, 0.25) is 0 Å². The van der Waals surface area contributed by atoms with Crippen molar-refractivity contribution in [2.75, 3.05) is 13.2 Å². The van der Waals surface area contributed by atoms with E-state index in [1.807, 2.05) is 0 Å². The molecule has 1 aliphatic rings. The van der Waals surface area contributed by atoms with Gasteiger partial charge in [0.2, 0.25) is 0 Å². The molecule has 0 aliphatic carbocycles. The van der Waals surface area contributed by atoms with Crippen molar-refractivity contribution in [3.8, 4) is 5.75 Å². The second kappa shape index (κ2) is 6.20. The molecule has 1 fully saturated rings. The van der Waals surface area contributed by atoms with Crippen molar-refractivity contribution in [1.29, 1.82) is 0 Å². The lowest BCUT2D eigenvalue weighted by Gasteiger charge is -2.10. The van der Waals surface area contributed by atoms with Crippen LogP contribution in [0.4, 0.5) is 0 Å². The van der Waals surface area contributed by atoms with E-state index < -0.39 is 0 Å². The minimum Gasteiger partial charge on any atom is -0.507 e. The van der Waals surface area contributed by atoms with Crippen molar-refractivity contribution in [1.82, 2.24) is 5.32 Å². The van der Waals surface area contributed by atoms with Crippen molar-refractivity contribution in [2.24, 2.45) is 0 Å². The molecule has 2 N–H and O–H groups in total. The quantitative estimate of drug-likeness (QED) is 0.897. The molecule has 1 saturated heterocycles. The Morgan fingerprint density at radius 1 is 1.56 bits per heavy atom. The molecule has 5 heteroatoms. The van der Waals surface area contributed by atoms with Crippen LogP contribution in [0.5, 0.6) is 5.75 Å². The van der Waals surface area contributed by atoms with Crippen molar-refractivity contribution in [3.63, 3.8) is 0 Å². The molecule has 1 amide bonds. The summed E-state index contributed by atoms with van der Waals surface area (Å²) in [6.07, 6.45) is 3.26. The molecule has 2 rings (SSSR count).